The third-order valence-corrected chi connectivity index (χ3v) is 5.79. The van der Waals surface area contributed by atoms with Crippen LogP contribution in [0.2, 0.25) is 0 Å². The second-order valence-corrected chi connectivity index (χ2v) is 8.33. The molecule has 0 aliphatic heterocycles. The Morgan fingerprint density at radius 3 is 1.97 bits per heavy atom. The van der Waals surface area contributed by atoms with Gasteiger partial charge in [0.2, 0.25) is 0 Å². The molecule has 4 aromatic carbocycles. The van der Waals surface area contributed by atoms with Crippen molar-refractivity contribution >= 4 is 5.97 Å². The lowest BCUT2D eigenvalue weighted by atomic mass is 9.93. The predicted molar refractivity (Wildman–Crippen MR) is 133 cm³/mol. The average Bonchev–Trinajstić information content (AvgIpc) is 2.87. The minimum atomic E-state index is -0.924. The van der Waals surface area contributed by atoms with Crippen LogP contribution in [0.1, 0.15) is 41.3 Å². The van der Waals surface area contributed by atoms with E-state index in [0.29, 0.717) is 5.92 Å². The molecule has 0 fully saturated rings. The lowest BCUT2D eigenvalue weighted by molar-refractivity contribution is 0.0733. The zero-order valence-electron chi connectivity index (χ0n) is 19.6. The highest BCUT2D eigenvalue weighted by molar-refractivity contribution is 5.91. The fraction of sp³-hybridized carbons (Fsp3) is 0.167. The van der Waals surface area contributed by atoms with Gasteiger partial charge in [-0.3, -0.25) is 0 Å². The van der Waals surface area contributed by atoms with Gasteiger partial charge in [-0.1, -0.05) is 73.7 Å². The number of benzene rings is 4. The highest BCUT2D eigenvalue weighted by Gasteiger charge is 2.16. The fourth-order valence-corrected chi connectivity index (χ4v) is 3.93. The van der Waals surface area contributed by atoms with E-state index in [-0.39, 0.29) is 17.9 Å². The van der Waals surface area contributed by atoms with Crippen LogP contribution in [0, 0.1) is 11.6 Å². The first-order chi connectivity index (χ1) is 16.9. The maximum Gasteiger partial charge on any atom is 0.343 e. The summed E-state index contributed by atoms with van der Waals surface area (Å²) in [7, 11) is 0. The normalized spacial score (nSPS) is 11.7. The van der Waals surface area contributed by atoms with Gasteiger partial charge in [-0.25, -0.2) is 13.6 Å². The van der Waals surface area contributed by atoms with Gasteiger partial charge in [-0.05, 0) is 53.6 Å². The standard InChI is InChI=1S/C30H26F2O3/c1-3-34-29-27(31)18-26(19-28(29)32)35-30(33)25-15-13-24(14-16-25)23-11-9-21(10-12-23)17-20(2)22-7-5-4-6-8-22/h4-16,18-20H,3,17H2,1-2H3. The van der Waals surface area contributed by atoms with Gasteiger partial charge in [0.15, 0.2) is 17.4 Å². The van der Waals surface area contributed by atoms with E-state index in [1.165, 1.54) is 11.1 Å². The summed E-state index contributed by atoms with van der Waals surface area (Å²) in [6.45, 7) is 3.96. The average molecular weight is 473 g/mol. The molecular formula is C30H26F2O3. The Labute approximate surface area is 204 Å². The highest BCUT2D eigenvalue weighted by Crippen LogP contribution is 2.28. The predicted octanol–water partition coefficient (Wildman–Crippen LogP) is 7.60. The number of ether oxygens (including phenoxy) is 2. The van der Waals surface area contributed by atoms with Crippen LogP contribution in [0.5, 0.6) is 11.5 Å². The first kappa shape index (κ1) is 24.1. The van der Waals surface area contributed by atoms with Crippen molar-refractivity contribution in [2.75, 3.05) is 6.61 Å². The third kappa shape index (κ3) is 5.93. The van der Waals surface area contributed by atoms with Crippen LogP contribution < -0.4 is 9.47 Å². The topological polar surface area (TPSA) is 35.5 Å². The molecule has 0 radical (unpaired) electrons. The van der Waals surface area contributed by atoms with Crippen LogP contribution in [0.25, 0.3) is 11.1 Å². The van der Waals surface area contributed by atoms with Gasteiger partial charge in [0.05, 0.1) is 12.2 Å². The maximum absolute atomic E-state index is 14.0. The molecular weight excluding hydrogens is 446 g/mol. The molecule has 1 atom stereocenters. The summed E-state index contributed by atoms with van der Waals surface area (Å²) in [6.07, 6.45) is 0.946. The Bertz CT molecular complexity index is 1260. The molecule has 0 heterocycles. The van der Waals surface area contributed by atoms with Crippen molar-refractivity contribution in [2.24, 2.45) is 0 Å². The van der Waals surface area contributed by atoms with Crippen molar-refractivity contribution in [3.05, 3.63) is 119 Å². The first-order valence-corrected chi connectivity index (χ1v) is 11.5. The summed E-state index contributed by atoms with van der Waals surface area (Å²) in [4.78, 5) is 12.5. The first-order valence-electron chi connectivity index (χ1n) is 11.5. The summed E-state index contributed by atoms with van der Waals surface area (Å²) in [5.41, 5.74) is 4.81. The van der Waals surface area contributed by atoms with Gasteiger partial charge < -0.3 is 9.47 Å². The van der Waals surface area contributed by atoms with E-state index in [1.54, 1.807) is 19.1 Å². The summed E-state index contributed by atoms with van der Waals surface area (Å²) in [5, 5.41) is 0. The molecule has 0 amide bonds. The molecule has 0 aromatic heterocycles. The fourth-order valence-electron chi connectivity index (χ4n) is 3.93. The van der Waals surface area contributed by atoms with Gasteiger partial charge >= 0.3 is 5.97 Å². The van der Waals surface area contributed by atoms with Crippen LogP contribution in [-0.2, 0) is 6.42 Å². The molecule has 0 saturated heterocycles. The van der Waals surface area contributed by atoms with Gasteiger partial charge in [0, 0.05) is 12.1 Å². The van der Waals surface area contributed by atoms with E-state index in [1.807, 2.05) is 18.2 Å². The van der Waals surface area contributed by atoms with Crippen molar-refractivity contribution in [1.29, 1.82) is 0 Å². The van der Waals surface area contributed by atoms with Crippen LogP contribution in [-0.4, -0.2) is 12.6 Å². The van der Waals surface area contributed by atoms with Crippen molar-refractivity contribution in [3.8, 4) is 22.6 Å². The maximum atomic E-state index is 14.0. The zero-order valence-corrected chi connectivity index (χ0v) is 19.6. The molecule has 4 rings (SSSR count). The molecule has 5 heteroatoms. The Morgan fingerprint density at radius 2 is 1.40 bits per heavy atom. The molecule has 0 aliphatic carbocycles. The number of carbonyl (C=O) groups is 1. The number of hydrogen-bond acceptors (Lipinski definition) is 3. The third-order valence-electron chi connectivity index (χ3n) is 5.79. The van der Waals surface area contributed by atoms with Gasteiger partial charge in [-0.15, -0.1) is 0 Å². The molecule has 4 aromatic rings. The van der Waals surface area contributed by atoms with Crippen molar-refractivity contribution < 1.29 is 23.0 Å². The summed E-state index contributed by atoms with van der Waals surface area (Å²) < 4.78 is 38.1. The van der Waals surface area contributed by atoms with Crippen molar-refractivity contribution in [2.45, 2.75) is 26.2 Å². The molecule has 0 aliphatic rings. The smallest absolute Gasteiger partial charge is 0.343 e. The molecule has 35 heavy (non-hydrogen) atoms. The molecule has 0 saturated carbocycles. The van der Waals surface area contributed by atoms with Gasteiger partial charge in [0.25, 0.3) is 0 Å². The highest BCUT2D eigenvalue weighted by atomic mass is 19.1. The summed E-state index contributed by atoms with van der Waals surface area (Å²) in [5.74, 6) is -2.84. The molecule has 1 unspecified atom stereocenters. The van der Waals surface area contributed by atoms with E-state index >= 15 is 0 Å². The van der Waals surface area contributed by atoms with Crippen LogP contribution in [0.3, 0.4) is 0 Å². The molecule has 178 valence electrons. The number of esters is 1. The quantitative estimate of drug-likeness (QED) is 0.196. The van der Waals surface area contributed by atoms with E-state index in [4.69, 9.17) is 9.47 Å². The second kappa shape index (κ2) is 11.0. The molecule has 0 N–H and O–H groups in total. The summed E-state index contributed by atoms with van der Waals surface area (Å²) >= 11 is 0. The Morgan fingerprint density at radius 1 is 0.829 bits per heavy atom. The lowest BCUT2D eigenvalue weighted by Crippen LogP contribution is -2.09. The number of rotatable bonds is 8. The number of carbonyl (C=O) groups excluding carboxylic acids is 1. The Balaban J connectivity index is 1.41. The second-order valence-electron chi connectivity index (χ2n) is 8.33. The van der Waals surface area contributed by atoms with E-state index in [2.05, 4.69) is 55.5 Å². The van der Waals surface area contributed by atoms with Crippen molar-refractivity contribution in [1.82, 2.24) is 0 Å². The number of halogens is 2. The van der Waals surface area contributed by atoms with Gasteiger partial charge in [0.1, 0.15) is 5.75 Å². The zero-order chi connectivity index (χ0) is 24.8. The van der Waals surface area contributed by atoms with Gasteiger partial charge in [-0.2, -0.15) is 0 Å². The van der Waals surface area contributed by atoms with Crippen LogP contribution in [0.4, 0.5) is 8.78 Å². The molecule has 0 spiro atoms. The molecule has 0 bridgehead atoms. The molecule has 3 nitrogen and oxygen atoms in total. The van der Waals surface area contributed by atoms with Crippen LogP contribution >= 0.6 is 0 Å². The SMILES string of the molecule is CCOc1c(F)cc(OC(=O)c2ccc(-c3ccc(CC(C)c4ccccc4)cc3)cc2)cc1F. The Hall–Kier alpha value is -3.99. The van der Waals surface area contributed by atoms with E-state index in [0.717, 1.165) is 29.7 Å². The van der Waals surface area contributed by atoms with Crippen molar-refractivity contribution in [3.63, 3.8) is 0 Å². The van der Waals surface area contributed by atoms with E-state index < -0.39 is 23.4 Å². The largest absolute Gasteiger partial charge is 0.488 e. The minimum absolute atomic E-state index is 0.120. The summed E-state index contributed by atoms with van der Waals surface area (Å²) in [6, 6.07) is 27.5. The Kier molecular flexibility index (Phi) is 7.56. The minimum Gasteiger partial charge on any atom is -0.488 e. The van der Waals surface area contributed by atoms with E-state index in [9.17, 15) is 13.6 Å². The lowest BCUT2D eigenvalue weighted by Gasteiger charge is -2.12. The van der Waals surface area contributed by atoms with Crippen LogP contribution in [0.15, 0.2) is 91.0 Å². The monoisotopic (exact) mass is 472 g/mol. The number of hydrogen-bond donors (Lipinski definition) is 0.